The van der Waals surface area contributed by atoms with Crippen molar-refractivity contribution in [3.63, 3.8) is 0 Å². The normalized spacial score (nSPS) is 12.0. The average Bonchev–Trinajstić information content (AvgIpc) is 3.05. The highest BCUT2D eigenvalue weighted by Crippen LogP contribution is 2.29. The first-order valence-corrected chi connectivity index (χ1v) is 8.16. The molecule has 0 bridgehead atoms. The molecule has 8 nitrogen and oxygen atoms in total. The van der Waals surface area contributed by atoms with Crippen molar-refractivity contribution in [3.05, 3.63) is 47.0 Å². The molecule has 1 amide bonds. The molecule has 1 aromatic carbocycles. The Morgan fingerprint density at radius 1 is 1.15 bits per heavy atom. The van der Waals surface area contributed by atoms with Crippen molar-refractivity contribution in [2.75, 3.05) is 14.2 Å². The van der Waals surface area contributed by atoms with Crippen LogP contribution in [0, 0.1) is 13.8 Å². The largest absolute Gasteiger partial charge is 0.497 e. The fourth-order valence-corrected chi connectivity index (χ4v) is 2.78. The zero-order valence-corrected chi connectivity index (χ0v) is 15.4. The molecule has 0 fully saturated rings. The number of methoxy groups -OCH3 is 2. The Hall–Kier alpha value is -3.16. The van der Waals surface area contributed by atoms with Gasteiger partial charge in [-0.15, -0.1) is 5.10 Å². The molecule has 0 aliphatic rings. The SMILES string of the molecule is COc1ccc(OC)c(C(C)NC(=O)c2nc3nc(C)cc(C)n3n2)c1. The third-order valence-corrected chi connectivity index (χ3v) is 4.07. The molecule has 1 N–H and O–H groups in total. The minimum atomic E-state index is -0.384. The lowest BCUT2D eigenvalue weighted by Gasteiger charge is -2.17. The summed E-state index contributed by atoms with van der Waals surface area (Å²) < 4.78 is 12.2. The van der Waals surface area contributed by atoms with Crippen LogP contribution in [0.3, 0.4) is 0 Å². The molecule has 3 rings (SSSR count). The summed E-state index contributed by atoms with van der Waals surface area (Å²) in [5.41, 5.74) is 2.49. The van der Waals surface area contributed by atoms with Gasteiger partial charge in [0.15, 0.2) is 0 Å². The van der Waals surface area contributed by atoms with Gasteiger partial charge in [-0.1, -0.05) is 0 Å². The van der Waals surface area contributed by atoms with Crippen molar-refractivity contribution in [1.29, 1.82) is 0 Å². The number of aryl methyl sites for hydroxylation is 2. The zero-order valence-electron chi connectivity index (χ0n) is 15.4. The topological polar surface area (TPSA) is 90.6 Å². The molecular formula is C18H21N5O3. The monoisotopic (exact) mass is 355 g/mol. The summed E-state index contributed by atoms with van der Waals surface area (Å²) in [6, 6.07) is 6.99. The molecule has 0 spiro atoms. The van der Waals surface area contributed by atoms with E-state index >= 15 is 0 Å². The summed E-state index contributed by atoms with van der Waals surface area (Å²) >= 11 is 0. The number of ether oxygens (including phenoxy) is 2. The average molecular weight is 355 g/mol. The number of aromatic nitrogens is 4. The number of rotatable bonds is 5. The Morgan fingerprint density at radius 3 is 2.62 bits per heavy atom. The highest BCUT2D eigenvalue weighted by molar-refractivity contribution is 5.91. The van der Waals surface area contributed by atoms with Gasteiger partial charge >= 0.3 is 0 Å². The van der Waals surface area contributed by atoms with Gasteiger partial charge in [0.1, 0.15) is 11.5 Å². The van der Waals surface area contributed by atoms with E-state index in [2.05, 4.69) is 20.4 Å². The maximum Gasteiger partial charge on any atom is 0.291 e. The maximum atomic E-state index is 12.6. The molecule has 26 heavy (non-hydrogen) atoms. The number of benzene rings is 1. The van der Waals surface area contributed by atoms with Gasteiger partial charge in [0.2, 0.25) is 5.82 Å². The van der Waals surface area contributed by atoms with Crippen molar-refractivity contribution in [2.45, 2.75) is 26.8 Å². The summed E-state index contributed by atoms with van der Waals surface area (Å²) in [6.45, 7) is 5.62. The molecule has 1 atom stereocenters. The van der Waals surface area contributed by atoms with Crippen LogP contribution in [0.4, 0.5) is 0 Å². The third-order valence-electron chi connectivity index (χ3n) is 4.07. The Labute approximate surface area is 151 Å². The Kier molecular flexibility index (Phi) is 4.75. The van der Waals surface area contributed by atoms with E-state index in [1.54, 1.807) is 30.9 Å². The highest BCUT2D eigenvalue weighted by atomic mass is 16.5. The molecule has 1 unspecified atom stereocenters. The number of hydrogen-bond donors (Lipinski definition) is 1. The van der Waals surface area contributed by atoms with Crippen LogP contribution in [0.25, 0.3) is 5.78 Å². The van der Waals surface area contributed by atoms with Crippen LogP contribution in [-0.2, 0) is 0 Å². The predicted octanol–water partition coefficient (Wildman–Crippen LogP) is 2.25. The van der Waals surface area contributed by atoms with Gasteiger partial charge in [-0.25, -0.2) is 9.50 Å². The zero-order chi connectivity index (χ0) is 18.8. The van der Waals surface area contributed by atoms with Gasteiger partial charge in [0.25, 0.3) is 11.7 Å². The fraction of sp³-hybridized carbons (Fsp3) is 0.333. The summed E-state index contributed by atoms with van der Waals surface area (Å²) in [7, 11) is 3.17. The molecule has 0 aliphatic heterocycles. The molecule has 0 radical (unpaired) electrons. The number of nitrogens with one attached hydrogen (secondary N) is 1. The van der Waals surface area contributed by atoms with E-state index < -0.39 is 0 Å². The Balaban J connectivity index is 1.87. The van der Waals surface area contributed by atoms with Crippen molar-refractivity contribution in [2.24, 2.45) is 0 Å². The minimum absolute atomic E-state index is 0.0694. The van der Waals surface area contributed by atoms with E-state index in [0.717, 1.165) is 17.0 Å². The third kappa shape index (κ3) is 3.30. The summed E-state index contributed by atoms with van der Waals surface area (Å²) in [5.74, 6) is 1.43. The van der Waals surface area contributed by atoms with Gasteiger partial charge in [0, 0.05) is 17.0 Å². The molecule has 3 aromatic rings. The first-order chi connectivity index (χ1) is 12.4. The summed E-state index contributed by atoms with van der Waals surface area (Å²) in [4.78, 5) is 21.1. The van der Waals surface area contributed by atoms with Crippen LogP contribution >= 0.6 is 0 Å². The number of fused-ring (bicyclic) bond motifs is 1. The van der Waals surface area contributed by atoms with Gasteiger partial charge in [-0.2, -0.15) is 4.98 Å². The van der Waals surface area contributed by atoms with Crippen LogP contribution < -0.4 is 14.8 Å². The molecular weight excluding hydrogens is 334 g/mol. The van der Waals surface area contributed by atoms with E-state index in [0.29, 0.717) is 17.3 Å². The van der Waals surface area contributed by atoms with Crippen molar-refractivity contribution in [1.82, 2.24) is 24.9 Å². The molecule has 8 heteroatoms. The van der Waals surface area contributed by atoms with Crippen LogP contribution in [0.2, 0.25) is 0 Å². The predicted molar refractivity (Wildman–Crippen MR) is 95.7 cm³/mol. The van der Waals surface area contributed by atoms with Crippen LogP contribution in [0.5, 0.6) is 11.5 Å². The quantitative estimate of drug-likeness (QED) is 0.755. The van der Waals surface area contributed by atoms with E-state index in [1.807, 2.05) is 32.9 Å². The first kappa shape index (κ1) is 17.7. The number of hydrogen-bond acceptors (Lipinski definition) is 6. The molecule has 136 valence electrons. The van der Waals surface area contributed by atoms with E-state index in [-0.39, 0.29) is 17.8 Å². The van der Waals surface area contributed by atoms with Gasteiger partial charge < -0.3 is 14.8 Å². The maximum absolute atomic E-state index is 12.6. The molecule has 2 aromatic heterocycles. The number of carbonyl (C=O) groups excluding carboxylic acids is 1. The van der Waals surface area contributed by atoms with Crippen molar-refractivity contribution >= 4 is 11.7 Å². The second-order valence-corrected chi connectivity index (χ2v) is 5.99. The second-order valence-electron chi connectivity index (χ2n) is 5.99. The van der Waals surface area contributed by atoms with Crippen molar-refractivity contribution in [3.8, 4) is 11.5 Å². The lowest BCUT2D eigenvalue weighted by Crippen LogP contribution is -2.28. The van der Waals surface area contributed by atoms with E-state index in [1.165, 1.54) is 0 Å². The standard InChI is InChI=1S/C18H21N5O3/c1-10-8-11(2)23-18(19-10)21-16(22-23)17(24)20-12(3)14-9-13(25-4)6-7-15(14)26-5/h6-9,12H,1-5H3,(H,20,24). The lowest BCUT2D eigenvalue weighted by atomic mass is 10.1. The number of nitrogens with zero attached hydrogens (tertiary/aromatic N) is 4. The summed E-state index contributed by atoms with van der Waals surface area (Å²) in [6.07, 6.45) is 0. The number of carbonyl (C=O) groups is 1. The molecule has 0 saturated heterocycles. The van der Waals surface area contributed by atoms with Gasteiger partial charge in [0.05, 0.1) is 20.3 Å². The van der Waals surface area contributed by atoms with Crippen LogP contribution in [0.15, 0.2) is 24.3 Å². The van der Waals surface area contributed by atoms with Crippen molar-refractivity contribution < 1.29 is 14.3 Å². The molecule has 0 aliphatic carbocycles. The summed E-state index contributed by atoms with van der Waals surface area (Å²) in [5, 5.41) is 7.14. The fourth-order valence-electron chi connectivity index (χ4n) is 2.78. The second kappa shape index (κ2) is 6.99. The number of amides is 1. The highest BCUT2D eigenvalue weighted by Gasteiger charge is 2.20. The molecule has 0 saturated carbocycles. The molecule has 2 heterocycles. The van der Waals surface area contributed by atoms with Crippen LogP contribution in [0.1, 0.15) is 40.5 Å². The minimum Gasteiger partial charge on any atom is -0.497 e. The van der Waals surface area contributed by atoms with Gasteiger partial charge in [-0.3, -0.25) is 4.79 Å². The van der Waals surface area contributed by atoms with Gasteiger partial charge in [-0.05, 0) is 45.0 Å². The van der Waals surface area contributed by atoms with Crippen LogP contribution in [-0.4, -0.2) is 39.7 Å². The first-order valence-electron chi connectivity index (χ1n) is 8.16. The van der Waals surface area contributed by atoms with E-state index in [4.69, 9.17) is 9.47 Å². The Bertz CT molecular complexity index is 967. The Morgan fingerprint density at radius 2 is 1.92 bits per heavy atom. The smallest absolute Gasteiger partial charge is 0.291 e. The lowest BCUT2D eigenvalue weighted by molar-refractivity contribution is 0.0929. The van der Waals surface area contributed by atoms with E-state index in [9.17, 15) is 4.79 Å².